The molecule has 4 atom stereocenters. The van der Waals surface area contributed by atoms with E-state index in [1.54, 1.807) is 13.8 Å². The van der Waals surface area contributed by atoms with E-state index in [1.165, 1.54) is 36.4 Å². The van der Waals surface area contributed by atoms with E-state index in [4.69, 9.17) is 19.4 Å². The average Bonchev–Trinajstić information content (AvgIpc) is 3.92. The summed E-state index contributed by atoms with van der Waals surface area (Å²) in [6.07, 6.45) is 5.52. The zero-order valence-corrected chi connectivity index (χ0v) is 30.5. The lowest BCUT2D eigenvalue weighted by Crippen LogP contribution is -2.13. The molecule has 3 aromatic heterocycles. The zero-order valence-electron chi connectivity index (χ0n) is 31.5. The summed E-state index contributed by atoms with van der Waals surface area (Å²) in [5.74, 6) is -3.13. The van der Waals surface area contributed by atoms with E-state index in [0.29, 0.717) is 46.5 Å². The summed E-state index contributed by atoms with van der Waals surface area (Å²) < 4.78 is 79.5. The Bertz CT molecular complexity index is 2420. The molecule has 0 amide bonds. The molecule has 4 unspecified atom stereocenters. The van der Waals surface area contributed by atoms with Crippen LogP contribution >= 0.6 is 0 Å². The van der Waals surface area contributed by atoms with Crippen molar-refractivity contribution in [2.24, 2.45) is 0 Å². The summed E-state index contributed by atoms with van der Waals surface area (Å²) in [6, 6.07) is 19.4. The van der Waals surface area contributed by atoms with Crippen LogP contribution in [-0.2, 0) is 9.47 Å². The molecule has 0 spiro atoms. The molecule has 6 nitrogen and oxygen atoms in total. The molecular formula is C44H42F4N4O2. The molecule has 2 N–H and O–H groups in total. The van der Waals surface area contributed by atoms with Crippen molar-refractivity contribution >= 4 is 45.9 Å². The van der Waals surface area contributed by atoms with Crippen molar-refractivity contribution < 1.29 is 28.4 Å². The normalized spacial score (nSPS) is 15.1. The first-order valence-corrected chi connectivity index (χ1v) is 18.2. The van der Waals surface area contributed by atoms with E-state index >= 15 is 0 Å². The molecule has 54 heavy (non-hydrogen) atoms. The van der Waals surface area contributed by atoms with Crippen molar-refractivity contribution in [3.8, 4) is 0 Å². The van der Waals surface area contributed by atoms with E-state index in [2.05, 4.69) is 9.97 Å². The highest BCUT2D eigenvalue weighted by Gasteiger charge is 2.22. The number of aromatic amines is 2. The van der Waals surface area contributed by atoms with Gasteiger partial charge in [0.25, 0.3) is 0 Å². The van der Waals surface area contributed by atoms with Gasteiger partial charge in [-0.1, -0.05) is 26.0 Å². The second-order valence-electron chi connectivity index (χ2n) is 13.9. The van der Waals surface area contributed by atoms with Crippen molar-refractivity contribution in [1.29, 1.82) is 0 Å². The maximum absolute atomic E-state index is 14.5. The zero-order chi connectivity index (χ0) is 38.8. The predicted molar refractivity (Wildman–Crippen MR) is 206 cm³/mol. The number of hydrogen-bond donors (Lipinski definition) is 2. The molecular weight excluding hydrogens is 693 g/mol. The highest BCUT2D eigenvalue weighted by Crippen LogP contribution is 2.32. The van der Waals surface area contributed by atoms with Gasteiger partial charge in [0.15, 0.2) is 0 Å². The van der Waals surface area contributed by atoms with Crippen LogP contribution in [0.1, 0.15) is 99.3 Å². The Morgan fingerprint density at radius 1 is 0.630 bits per heavy atom. The molecule has 278 valence electrons. The predicted octanol–water partition coefficient (Wildman–Crippen LogP) is 11.5. The van der Waals surface area contributed by atoms with Crippen LogP contribution in [0.5, 0.6) is 0 Å². The van der Waals surface area contributed by atoms with E-state index < -0.39 is 47.3 Å². The number of ether oxygens (including phenoxy) is 2. The molecule has 0 aliphatic carbocycles. The lowest BCUT2D eigenvalue weighted by Gasteiger charge is -2.17. The molecule has 0 fully saturated rings. The smallest absolute Gasteiger partial charge is 0.129 e. The van der Waals surface area contributed by atoms with Gasteiger partial charge in [-0.05, 0) is 123 Å². The number of H-pyrrole nitrogens is 2. The molecule has 7 rings (SSSR count). The van der Waals surface area contributed by atoms with Crippen molar-refractivity contribution in [1.82, 2.24) is 19.9 Å². The molecule has 10 heteroatoms. The van der Waals surface area contributed by atoms with Gasteiger partial charge in [0.2, 0.25) is 0 Å². The number of nitrogens with zero attached hydrogens (tertiary/aromatic N) is 2. The molecule has 0 saturated carbocycles. The summed E-state index contributed by atoms with van der Waals surface area (Å²) in [6.45, 7) is 7.77. The third-order valence-corrected chi connectivity index (χ3v) is 9.94. The Hall–Kier alpha value is -5.32. The first-order chi connectivity index (χ1) is 26.4. The van der Waals surface area contributed by atoms with Gasteiger partial charge in [-0.2, -0.15) is 0 Å². The number of halogens is 4. The van der Waals surface area contributed by atoms with Gasteiger partial charge in [-0.3, -0.25) is 0 Å². The molecule has 2 aromatic carbocycles. The van der Waals surface area contributed by atoms with Gasteiger partial charge in [0, 0.05) is 57.5 Å². The maximum Gasteiger partial charge on any atom is 0.129 e. The van der Waals surface area contributed by atoms with Gasteiger partial charge in [-0.25, -0.2) is 27.5 Å². The number of rotatable bonds is 12. The maximum atomic E-state index is 14.5. The van der Waals surface area contributed by atoms with Gasteiger partial charge in [-0.15, -0.1) is 0 Å². The fourth-order valence-corrected chi connectivity index (χ4v) is 6.97. The molecule has 2 aliphatic heterocycles. The molecule has 0 saturated heterocycles. The van der Waals surface area contributed by atoms with Gasteiger partial charge in [0.1, 0.15) is 23.3 Å². The Balaban J connectivity index is 1.22. The van der Waals surface area contributed by atoms with Crippen LogP contribution in [0.2, 0.25) is 0 Å². The molecule has 5 aromatic rings. The number of nitrogens with one attached hydrogen (secondary N) is 2. The quantitative estimate of drug-likeness (QED) is 0.123. The van der Waals surface area contributed by atoms with Gasteiger partial charge >= 0.3 is 0 Å². The van der Waals surface area contributed by atoms with Gasteiger partial charge < -0.3 is 19.4 Å². The standard InChI is InChI=1S/C44H42F4N4O2/c1-25(43-37(45)7-5-8-38(43)46)15-17-53-27(3)35-21-33-20-31-12-11-29(49-31)19-30-13-14-32(50-30)23-41-36(22-34(52-41)24-42(35)51-33)28(4)54-18-16-26(2)44-39(47)9-6-10-40(44)48/h5-14,19-28,50-51H,15-18H2,1-4H3/i21D. The van der Waals surface area contributed by atoms with Crippen LogP contribution in [0.3, 0.4) is 0 Å². The van der Waals surface area contributed by atoms with Gasteiger partial charge in [0.05, 0.1) is 36.4 Å². The minimum Gasteiger partial charge on any atom is -0.374 e. The fourth-order valence-electron chi connectivity index (χ4n) is 6.97. The molecule has 5 heterocycles. The van der Waals surface area contributed by atoms with Crippen LogP contribution < -0.4 is 0 Å². The highest BCUT2D eigenvalue weighted by atomic mass is 19.1. The van der Waals surface area contributed by atoms with Crippen molar-refractivity contribution in [2.45, 2.75) is 64.6 Å². The molecule has 2 aliphatic rings. The summed E-state index contributed by atoms with van der Waals surface area (Å²) in [7, 11) is 0. The Morgan fingerprint density at radius 3 is 1.76 bits per heavy atom. The average molecular weight is 736 g/mol. The van der Waals surface area contributed by atoms with E-state index in [0.717, 1.165) is 22.3 Å². The summed E-state index contributed by atoms with van der Waals surface area (Å²) in [5.41, 5.74) is 7.02. The minimum absolute atomic E-state index is 0.0307. The topological polar surface area (TPSA) is 75.8 Å². The first kappa shape index (κ1) is 35.7. The van der Waals surface area contributed by atoms with E-state index in [9.17, 15) is 18.9 Å². The van der Waals surface area contributed by atoms with Crippen LogP contribution in [0.4, 0.5) is 17.6 Å². The summed E-state index contributed by atoms with van der Waals surface area (Å²) >= 11 is 0. The van der Waals surface area contributed by atoms with E-state index in [-0.39, 0.29) is 30.4 Å². The lowest BCUT2D eigenvalue weighted by molar-refractivity contribution is 0.0620. The number of hydrogen-bond acceptors (Lipinski definition) is 4. The molecule has 8 bridgehead atoms. The number of fused-ring (bicyclic) bond motifs is 8. The third kappa shape index (κ3) is 8.25. The lowest BCUT2D eigenvalue weighted by atomic mass is 9.97. The van der Waals surface area contributed by atoms with Crippen molar-refractivity contribution in [3.63, 3.8) is 0 Å². The van der Waals surface area contributed by atoms with E-state index in [1.807, 2.05) is 68.5 Å². The Kier molecular flexibility index (Phi) is 10.6. The second-order valence-corrected chi connectivity index (χ2v) is 13.9. The SMILES string of the molecule is [2H]c1c(C(C)OCCC(C)c2c(F)cccc2F)c2cc3nc(cc4ccc(cc5nc(cc1[nH]2)C=C5)[nH]4)C(C(C)OCCC(C)c1c(F)cccc1F)=C3. The fraction of sp³-hybridized carbons (Fsp3) is 0.273. The minimum atomic E-state index is -0.587. The highest BCUT2D eigenvalue weighted by molar-refractivity contribution is 5.87. The number of benzene rings is 2. The second kappa shape index (κ2) is 16.0. The Morgan fingerprint density at radius 2 is 1.17 bits per heavy atom. The first-order valence-electron chi connectivity index (χ1n) is 18.7. The van der Waals surface area contributed by atoms with Crippen LogP contribution in [0.25, 0.3) is 45.9 Å². The summed E-state index contributed by atoms with van der Waals surface area (Å²) in [5, 5.41) is 0. The third-order valence-electron chi connectivity index (χ3n) is 9.94. The van der Waals surface area contributed by atoms with Crippen LogP contribution in [0.15, 0.2) is 78.8 Å². The van der Waals surface area contributed by atoms with Crippen molar-refractivity contribution in [2.75, 3.05) is 13.2 Å². The van der Waals surface area contributed by atoms with Crippen LogP contribution in [0, 0.1) is 23.3 Å². The number of aromatic nitrogens is 4. The van der Waals surface area contributed by atoms with Crippen molar-refractivity contribution in [3.05, 3.63) is 142 Å². The Labute approximate surface area is 313 Å². The monoisotopic (exact) mass is 735 g/mol. The molecule has 0 radical (unpaired) electrons. The van der Waals surface area contributed by atoms with Crippen LogP contribution in [-0.4, -0.2) is 39.3 Å². The summed E-state index contributed by atoms with van der Waals surface area (Å²) in [4.78, 5) is 16.5. The largest absolute Gasteiger partial charge is 0.374 e.